The van der Waals surface area contributed by atoms with E-state index in [1.807, 2.05) is 12.3 Å². The lowest BCUT2D eigenvalue weighted by Gasteiger charge is -2.17. The summed E-state index contributed by atoms with van der Waals surface area (Å²) in [5.74, 6) is 0.699. The Morgan fingerprint density at radius 2 is 2.00 bits per heavy atom. The van der Waals surface area contributed by atoms with Crippen LogP contribution in [-0.4, -0.2) is 32.8 Å². The van der Waals surface area contributed by atoms with Crippen molar-refractivity contribution < 1.29 is 10.2 Å². The number of H-pyrrole nitrogens is 1. The van der Waals surface area contributed by atoms with Crippen molar-refractivity contribution in [1.82, 2.24) is 15.3 Å². The van der Waals surface area contributed by atoms with Crippen molar-refractivity contribution in [2.75, 3.05) is 12.3 Å². The van der Waals surface area contributed by atoms with Crippen LogP contribution in [0.4, 0.5) is 5.82 Å². The van der Waals surface area contributed by atoms with Gasteiger partial charge in [0.2, 0.25) is 0 Å². The number of nitrogens with two attached hydrogens (primary N) is 1. The van der Waals surface area contributed by atoms with Gasteiger partial charge in [-0.3, -0.25) is 0 Å². The van der Waals surface area contributed by atoms with Crippen LogP contribution in [0.25, 0.3) is 10.9 Å². The molecule has 2 heterocycles. The number of fused-ring (bicyclic) bond motifs is 1. The molecule has 0 amide bonds. The molecule has 0 spiro atoms. The van der Waals surface area contributed by atoms with Gasteiger partial charge in [-0.1, -0.05) is 6.07 Å². The number of phenolic OH excluding ortho intramolecular Hbond substituents is 1. The molecule has 3 rings (SSSR count). The third-order valence-corrected chi connectivity index (χ3v) is 4.13. The molecule has 2 atom stereocenters. The van der Waals surface area contributed by atoms with Crippen LogP contribution in [0, 0.1) is 0 Å². The lowest BCUT2D eigenvalue weighted by molar-refractivity contribution is 0.170. The minimum absolute atomic E-state index is 0. The Morgan fingerprint density at radius 3 is 2.69 bits per heavy atom. The first-order valence-electron chi connectivity index (χ1n) is 7.95. The molecule has 0 aliphatic carbocycles. The molecule has 0 saturated heterocycles. The quantitative estimate of drug-likeness (QED) is 0.438. The van der Waals surface area contributed by atoms with Gasteiger partial charge < -0.3 is 26.2 Å². The zero-order chi connectivity index (χ0) is 17.1. The molecule has 6 nitrogen and oxygen atoms in total. The fourth-order valence-electron chi connectivity index (χ4n) is 2.78. The van der Waals surface area contributed by atoms with E-state index in [1.165, 1.54) is 0 Å². The van der Waals surface area contributed by atoms with E-state index >= 15 is 0 Å². The maximum absolute atomic E-state index is 10.2. The number of halogens is 2. The average molecular weight is 399 g/mol. The van der Waals surface area contributed by atoms with Gasteiger partial charge in [-0.25, -0.2) is 4.98 Å². The van der Waals surface area contributed by atoms with Gasteiger partial charge in [0.25, 0.3) is 0 Å². The Balaban J connectivity index is 0.00000169. The number of nitrogens with one attached hydrogen (secondary N) is 2. The molecule has 0 fully saturated rings. The molecule has 0 aliphatic heterocycles. The first kappa shape index (κ1) is 22.1. The Bertz CT molecular complexity index is 824. The van der Waals surface area contributed by atoms with E-state index in [0.29, 0.717) is 12.4 Å². The van der Waals surface area contributed by atoms with Crippen molar-refractivity contribution in [1.29, 1.82) is 0 Å². The Morgan fingerprint density at radius 1 is 1.23 bits per heavy atom. The van der Waals surface area contributed by atoms with E-state index in [0.717, 1.165) is 28.5 Å². The molecule has 3 aromatic rings. The van der Waals surface area contributed by atoms with Crippen LogP contribution in [0.15, 0.2) is 42.7 Å². The lowest BCUT2D eigenvalue weighted by Crippen LogP contribution is -2.32. The van der Waals surface area contributed by atoms with Crippen LogP contribution in [0.1, 0.15) is 24.2 Å². The van der Waals surface area contributed by atoms with Gasteiger partial charge in [0.1, 0.15) is 11.6 Å². The van der Waals surface area contributed by atoms with E-state index in [9.17, 15) is 10.2 Å². The number of aromatic amines is 1. The number of hydrogen-bond donors (Lipinski definition) is 5. The fourth-order valence-corrected chi connectivity index (χ4v) is 2.78. The van der Waals surface area contributed by atoms with Gasteiger partial charge in [0.05, 0.1) is 6.10 Å². The number of aliphatic hydroxyl groups excluding tert-OH is 1. The molecule has 0 bridgehead atoms. The minimum Gasteiger partial charge on any atom is -0.508 e. The average Bonchev–Trinajstić information content (AvgIpc) is 2.95. The van der Waals surface area contributed by atoms with Crippen LogP contribution < -0.4 is 11.1 Å². The summed E-state index contributed by atoms with van der Waals surface area (Å²) in [5, 5.41) is 24.2. The summed E-state index contributed by atoms with van der Waals surface area (Å²) in [4.78, 5) is 7.20. The smallest absolute Gasteiger partial charge is 0.123 e. The van der Waals surface area contributed by atoms with Crippen molar-refractivity contribution in [3.8, 4) is 5.75 Å². The van der Waals surface area contributed by atoms with E-state index in [-0.39, 0.29) is 36.6 Å². The normalized spacial score (nSPS) is 12.8. The first-order chi connectivity index (χ1) is 11.5. The third kappa shape index (κ3) is 5.25. The Labute approximate surface area is 164 Å². The van der Waals surface area contributed by atoms with Gasteiger partial charge >= 0.3 is 0 Å². The number of phenols is 1. The van der Waals surface area contributed by atoms with Crippen LogP contribution in [0.5, 0.6) is 5.75 Å². The van der Waals surface area contributed by atoms with Crippen molar-refractivity contribution in [3.63, 3.8) is 0 Å². The van der Waals surface area contributed by atoms with Crippen molar-refractivity contribution >= 4 is 41.5 Å². The summed E-state index contributed by atoms with van der Waals surface area (Å²) in [5.41, 5.74) is 8.42. The second-order valence-electron chi connectivity index (χ2n) is 6.09. The molecule has 0 saturated carbocycles. The molecule has 2 aromatic heterocycles. The fraction of sp³-hybridized carbons (Fsp3) is 0.278. The number of nitrogens with zero attached hydrogens (tertiary/aromatic N) is 1. The highest BCUT2D eigenvalue weighted by Gasteiger charge is 2.12. The second kappa shape index (κ2) is 9.64. The Kier molecular flexibility index (Phi) is 8.17. The number of aromatic nitrogens is 2. The third-order valence-electron chi connectivity index (χ3n) is 4.13. The SMILES string of the molecule is C[C@H](Cc1c[nH]c2ccc(O)cc12)NC[C@H](O)c1ccc(N)nc1.Cl.Cl. The molecule has 26 heavy (non-hydrogen) atoms. The first-order valence-corrected chi connectivity index (χ1v) is 7.95. The monoisotopic (exact) mass is 398 g/mol. The number of hydrogen-bond acceptors (Lipinski definition) is 5. The summed E-state index contributed by atoms with van der Waals surface area (Å²) >= 11 is 0. The highest BCUT2D eigenvalue weighted by atomic mass is 35.5. The number of anilines is 1. The van der Waals surface area contributed by atoms with Gasteiger partial charge in [0.15, 0.2) is 0 Å². The number of pyridine rings is 1. The molecule has 0 aliphatic rings. The number of aromatic hydroxyl groups is 1. The van der Waals surface area contributed by atoms with Gasteiger partial charge in [-0.05, 0) is 43.2 Å². The number of aliphatic hydroxyl groups is 1. The van der Waals surface area contributed by atoms with Gasteiger partial charge in [0, 0.05) is 41.4 Å². The molecule has 1 aromatic carbocycles. The maximum Gasteiger partial charge on any atom is 0.123 e. The molecular weight excluding hydrogens is 375 g/mol. The van der Waals surface area contributed by atoms with Crippen molar-refractivity contribution in [3.05, 3.63) is 53.9 Å². The molecular formula is C18H24Cl2N4O2. The predicted octanol–water partition coefficient (Wildman–Crippen LogP) is 2.95. The van der Waals surface area contributed by atoms with E-state index in [2.05, 4.69) is 22.2 Å². The molecule has 0 unspecified atom stereocenters. The minimum atomic E-state index is -0.632. The van der Waals surface area contributed by atoms with E-state index in [1.54, 1.807) is 30.5 Å². The number of nitrogen functional groups attached to an aromatic ring is 1. The predicted molar refractivity (Wildman–Crippen MR) is 109 cm³/mol. The van der Waals surface area contributed by atoms with Crippen LogP contribution in [0.3, 0.4) is 0 Å². The largest absolute Gasteiger partial charge is 0.508 e. The second-order valence-corrected chi connectivity index (χ2v) is 6.09. The van der Waals surface area contributed by atoms with Crippen LogP contribution >= 0.6 is 24.8 Å². The summed E-state index contributed by atoms with van der Waals surface area (Å²) in [6, 6.07) is 8.93. The lowest BCUT2D eigenvalue weighted by atomic mass is 10.1. The molecule has 0 radical (unpaired) electrons. The summed E-state index contributed by atoms with van der Waals surface area (Å²) < 4.78 is 0. The van der Waals surface area contributed by atoms with Gasteiger partial charge in [-0.15, -0.1) is 24.8 Å². The van der Waals surface area contributed by atoms with E-state index in [4.69, 9.17) is 5.73 Å². The van der Waals surface area contributed by atoms with Crippen LogP contribution in [-0.2, 0) is 6.42 Å². The van der Waals surface area contributed by atoms with E-state index < -0.39 is 6.10 Å². The van der Waals surface area contributed by atoms with Gasteiger partial charge in [-0.2, -0.15) is 0 Å². The Hall–Kier alpha value is -1.99. The molecule has 8 heteroatoms. The summed E-state index contributed by atoms with van der Waals surface area (Å²) in [7, 11) is 0. The zero-order valence-electron chi connectivity index (χ0n) is 14.3. The van der Waals surface area contributed by atoms with Crippen molar-refractivity contribution in [2.24, 2.45) is 0 Å². The molecule has 142 valence electrons. The summed E-state index contributed by atoms with van der Waals surface area (Å²) in [6.45, 7) is 2.50. The topological polar surface area (TPSA) is 107 Å². The van der Waals surface area contributed by atoms with Crippen molar-refractivity contribution in [2.45, 2.75) is 25.5 Å². The number of benzene rings is 1. The zero-order valence-corrected chi connectivity index (χ0v) is 16.0. The molecule has 6 N–H and O–H groups in total. The number of rotatable bonds is 6. The van der Waals surface area contributed by atoms with Crippen LogP contribution in [0.2, 0.25) is 0 Å². The standard InChI is InChI=1S/C18H22N4O2.2ClH/c1-11(20-10-17(24)12-2-5-18(19)22-8-12)6-13-9-21-16-4-3-14(23)7-15(13)16;;/h2-5,7-9,11,17,20-21,23-24H,6,10H2,1H3,(H2,19,22);2*1H/t11-,17+;;/m1../s1. The maximum atomic E-state index is 10.2. The highest BCUT2D eigenvalue weighted by Crippen LogP contribution is 2.24. The summed E-state index contributed by atoms with van der Waals surface area (Å²) in [6.07, 6.45) is 3.71. The highest BCUT2D eigenvalue weighted by molar-refractivity contribution is 5.86.